The van der Waals surface area contributed by atoms with Crippen molar-refractivity contribution in [2.24, 2.45) is 0 Å². The number of hydrogen-bond acceptors (Lipinski definition) is 5. The second-order valence-electron chi connectivity index (χ2n) is 7.21. The molecule has 160 valence electrons. The van der Waals surface area contributed by atoms with Crippen LogP contribution in [0.2, 0.25) is 0 Å². The number of carbonyl (C=O) groups excluding carboxylic acids is 2. The highest BCUT2D eigenvalue weighted by atomic mass is 16.5. The molecule has 1 N–H and O–H groups in total. The number of carbonyl (C=O) groups is 2. The van der Waals surface area contributed by atoms with E-state index in [0.717, 1.165) is 11.1 Å². The van der Waals surface area contributed by atoms with Crippen LogP contribution in [0.3, 0.4) is 0 Å². The van der Waals surface area contributed by atoms with Gasteiger partial charge in [-0.25, -0.2) is 0 Å². The number of hydrogen-bond donors (Lipinski definition) is 1. The zero-order valence-corrected chi connectivity index (χ0v) is 17.3. The molecule has 4 rings (SSSR count). The van der Waals surface area contributed by atoms with Crippen LogP contribution in [0.1, 0.15) is 34.1 Å². The smallest absolute Gasteiger partial charge is 0.308 e. The maximum atomic E-state index is 12.6. The molecule has 6 heteroatoms. The van der Waals surface area contributed by atoms with E-state index in [1.165, 1.54) is 0 Å². The molecule has 1 unspecified atom stereocenters. The number of aromatic nitrogens is 1. The highest BCUT2D eigenvalue weighted by molar-refractivity contribution is 5.94. The lowest BCUT2D eigenvalue weighted by molar-refractivity contribution is -0.146. The number of benzene rings is 3. The fraction of sp³-hybridized carbons (Fsp3) is 0.115. The third kappa shape index (κ3) is 5.49. The van der Waals surface area contributed by atoms with E-state index < -0.39 is 12.0 Å². The molecule has 1 amide bonds. The van der Waals surface area contributed by atoms with E-state index in [2.05, 4.69) is 10.5 Å². The van der Waals surface area contributed by atoms with Crippen LogP contribution < -0.4 is 5.32 Å². The van der Waals surface area contributed by atoms with Crippen LogP contribution in [0.5, 0.6) is 0 Å². The maximum Gasteiger partial charge on any atom is 0.308 e. The van der Waals surface area contributed by atoms with Gasteiger partial charge in [-0.2, -0.15) is 0 Å². The minimum absolute atomic E-state index is 0.0116. The first-order valence-electron chi connectivity index (χ1n) is 10.3. The molecule has 0 bridgehead atoms. The van der Waals surface area contributed by atoms with Crippen LogP contribution in [-0.4, -0.2) is 17.0 Å². The van der Waals surface area contributed by atoms with Gasteiger partial charge in [-0.15, -0.1) is 0 Å². The van der Waals surface area contributed by atoms with Crippen molar-refractivity contribution in [3.05, 3.63) is 114 Å². The molecule has 0 fully saturated rings. The summed E-state index contributed by atoms with van der Waals surface area (Å²) in [7, 11) is 0. The minimum atomic E-state index is -0.522. The van der Waals surface area contributed by atoms with Crippen molar-refractivity contribution < 1.29 is 18.8 Å². The van der Waals surface area contributed by atoms with E-state index in [1.54, 1.807) is 30.3 Å². The Morgan fingerprint density at radius 1 is 0.875 bits per heavy atom. The summed E-state index contributed by atoms with van der Waals surface area (Å²) in [6.45, 7) is -0.0349. The number of nitrogens with one attached hydrogen (secondary N) is 1. The van der Waals surface area contributed by atoms with Crippen LogP contribution in [0, 0.1) is 0 Å². The Hall–Kier alpha value is -4.19. The molecule has 1 atom stereocenters. The minimum Gasteiger partial charge on any atom is -0.457 e. The van der Waals surface area contributed by atoms with E-state index in [1.807, 2.05) is 66.7 Å². The molecule has 6 nitrogen and oxygen atoms in total. The van der Waals surface area contributed by atoms with Crippen LogP contribution in [0.25, 0.3) is 11.3 Å². The summed E-state index contributed by atoms with van der Waals surface area (Å²) >= 11 is 0. The first-order valence-corrected chi connectivity index (χ1v) is 10.3. The summed E-state index contributed by atoms with van der Waals surface area (Å²) in [4.78, 5) is 25.2. The normalized spacial score (nSPS) is 11.5. The average molecular weight is 426 g/mol. The number of nitrogens with zero attached hydrogens (tertiary/aromatic N) is 1. The van der Waals surface area contributed by atoms with Gasteiger partial charge in [0.25, 0.3) is 5.91 Å². The third-order valence-corrected chi connectivity index (χ3v) is 4.92. The molecular weight excluding hydrogens is 404 g/mol. The third-order valence-electron chi connectivity index (χ3n) is 4.92. The van der Waals surface area contributed by atoms with Crippen LogP contribution in [0.4, 0.5) is 0 Å². The topological polar surface area (TPSA) is 81.4 Å². The van der Waals surface area contributed by atoms with Gasteiger partial charge in [-0.05, 0) is 17.7 Å². The largest absolute Gasteiger partial charge is 0.457 e. The Balaban J connectivity index is 1.39. The quantitative estimate of drug-likeness (QED) is 0.403. The molecular formula is C26H22N2O4. The van der Waals surface area contributed by atoms with Gasteiger partial charge in [-0.1, -0.05) is 84.0 Å². The SMILES string of the molecule is O=C(CC(NC(=O)c1ccccc1)c1ccccc1)OCc1cc(-c2ccccc2)no1. The molecule has 0 radical (unpaired) electrons. The Morgan fingerprint density at radius 2 is 1.50 bits per heavy atom. The molecule has 0 spiro atoms. The monoisotopic (exact) mass is 426 g/mol. The second-order valence-corrected chi connectivity index (χ2v) is 7.21. The van der Waals surface area contributed by atoms with E-state index in [9.17, 15) is 9.59 Å². The molecule has 32 heavy (non-hydrogen) atoms. The summed E-state index contributed by atoms with van der Waals surface area (Å²) in [6, 6.07) is 29.0. The van der Waals surface area contributed by atoms with Crippen LogP contribution in [-0.2, 0) is 16.1 Å². The van der Waals surface area contributed by atoms with Crippen molar-refractivity contribution in [3.63, 3.8) is 0 Å². The molecule has 4 aromatic rings. The molecule has 1 aromatic heterocycles. The van der Waals surface area contributed by atoms with E-state index in [0.29, 0.717) is 17.0 Å². The van der Waals surface area contributed by atoms with Crippen molar-refractivity contribution in [3.8, 4) is 11.3 Å². The van der Waals surface area contributed by atoms with E-state index >= 15 is 0 Å². The summed E-state index contributed by atoms with van der Waals surface area (Å²) in [5.41, 5.74) is 2.94. The number of rotatable bonds is 8. The molecule has 0 aliphatic carbocycles. The molecule has 0 saturated heterocycles. The molecule has 0 aliphatic rings. The second kappa shape index (κ2) is 10.2. The van der Waals surface area contributed by atoms with Gasteiger partial charge >= 0.3 is 5.97 Å². The summed E-state index contributed by atoms with van der Waals surface area (Å²) < 4.78 is 10.7. The van der Waals surface area contributed by atoms with Gasteiger partial charge in [0.05, 0.1) is 12.5 Å². The van der Waals surface area contributed by atoms with Gasteiger partial charge in [0.15, 0.2) is 12.4 Å². The lowest BCUT2D eigenvalue weighted by Crippen LogP contribution is -2.30. The van der Waals surface area contributed by atoms with Crippen LogP contribution >= 0.6 is 0 Å². The van der Waals surface area contributed by atoms with Crippen LogP contribution in [0.15, 0.2) is 102 Å². The molecule has 3 aromatic carbocycles. The summed E-state index contributed by atoms with van der Waals surface area (Å²) in [5, 5.41) is 6.95. The van der Waals surface area contributed by atoms with E-state index in [4.69, 9.17) is 9.26 Å². The number of ether oxygens (including phenoxy) is 1. The van der Waals surface area contributed by atoms with Gasteiger partial charge in [0.2, 0.25) is 0 Å². The van der Waals surface area contributed by atoms with Crippen molar-refractivity contribution in [1.82, 2.24) is 10.5 Å². The first kappa shape index (κ1) is 21.1. The lowest BCUT2D eigenvalue weighted by Gasteiger charge is -2.18. The highest BCUT2D eigenvalue weighted by Crippen LogP contribution is 2.21. The first-order chi connectivity index (χ1) is 15.7. The Labute approximate surface area is 185 Å². The Morgan fingerprint density at radius 3 is 2.19 bits per heavy atom. The lowest BCUT2D eigenvalue weighted by atomic mass is 10.0. The zero-order chi connectivity index (χ0) is 22.2. The number of esters is 1. The fourth-order valence-electron chi connectivity index (χ4n) is 3.27. The van der Waals surface area contributed by atoms with Crippen molar-refractivity contribution >= 4 is 11.9 Å². The molecule has 0 aliphatic heterocycles. The van der Waals surface area contributed by atoms with Gasteiger partial charge in [0.1, 0.15) is 5.69 Å². The van der Waals surface area contributed by atoms with Gasteiger partial charge < -0.3 is 14.6 Å². The standard InChI is InChI=1S/C26H22N2O4/c29-25(31-18-22-16-24(28-32-22)20-12-6-2-7-13-20)17-23(19-10-4-1-5-11-19)27-26(30)21-14-8-3-9-15-21/h1-16,23H,17-18H2,(H,27,30). The Kier molecular flexibility index (Phi) is 6.72. The zero-order valence-electron chi connectivity index (χ0n) is 17.3. The predicted octanol–water partition coefficient (Wildman–Crippen LogP) is 4.95. The fourth-order valence-corrected chi connectivity index (χ4v) is 3.27. The Bertz CT molecular complexity index is 1160. The van der Waals surface area contributed by atoms with Crippen molar-refractivity contribution in [1.29, 1.82) is 0 Å². The number of amides is 1. The molecule has 1 heterocycles. The highest BCUT2D eigenvalue weighted by Gasteiger charge is 2.20. The van der Waals surface area contributed by atoms with Gasteiger partial charge in [-0.3, -0.25) is 9.59 Å². The maximum absolute atomic E-state index is 12.6. The molecule has 0 saturated carbocycles. The van der Waals surface area contributed by atoms with E-state index in [-0.39, 0.29) is 18.9 Å². The average Bonchev–Trinajstić information content (AvgIpc) is 3.33. The van der Waals surface area contributed by atoms with Crippen molar-refractivity contribution in [2.75, 3.05) is 0 Å². The predicted molar refractivity (Wildman–Crippen MR) is 119 cm³/mol. The summed E-state index contributed by atoms with van der Waals surface area (Å²) in [5.74, 6) is -0.262. The van der Waals surface area contributed by atoms with Gasteiger partial charge in [0, 0.05) is 17.2 Å². The van der Waals surface area contributed by atoms with Crippen molar-refractivity contribution in [2.45, 2.75) is 19.1 Å². The summed E-state index contributed by atoms with van der Waals surface area (Å²) in [6.07, 6.45) is -0.0116.